The Hall–Kier alpha value is -1.12. The minimum absolute atomic E-state index is 0.00104. The van der Waals surface area contributed by atoms with E-state index in [0.29, 0.717) is 5.92 Å². The lowest BCUT2D eigenvalue weighted by Crippen LogP contribution is -2.40. The molecule has 0 aromatic rings. The summed E-state index contributed by atoms with van der Waals surface area (Å²) >= 11 is 0. The number of allylic oxidation sites excluding steroid dienone is 1. The standard InChI is InChI=1S/C18H27FNO7P/c1-12(2)6-4-3-5-7-24-28(23)25-11-16-15(27-28)9-18(26-16)20-10-13(19)14(21)8-17(20)22/h10,12,15-16,18H,3-9,11H2,1-2H3/t15-,16+,18+,28?/m0/s1. The topological polar surface area (TPSA) is 91.4 Å². The Bertz CT molecular complexity index is 683. The van der Waals surface area contributed by atoms with Gasteiger partial charge in [-0.1, -0.05) is 33.1 Å². The van der Waals surface area contributed by atoms with Crippen molar-refractivity contribution in [3.63, 3.8) is 0 Å². The van der Waals surface area contributed by atoms with E-state index in [-0.39, 0.29) is 19.6 Å². The number of halogens is 1. The molecule has 0 aliphatic carbocycles. The molecule has 0 radical (unpaired) electrons. The number of unbranched alkanes of at least 4 members (excludes halogenated alkanes) is 2. The fraction of sp³-hybridized carbons (Fsp3) is 0.778. The third-order valence-corrected chi connectivity index (χ3v) is 6.44. The van der Waals surface area contributed by atoms with Crippen LogP contribution in [0.4, 0.5) is 4.39 Å². The van der Waals surface area contributed by atoms with Gasteiger partial charge in [0.15, 0.2) is 5.83 Å². The van der Waals surface area contributed by atoms with Crippen molar-refractivity contribution in [3.05, 3.63) is 12.0 Å². The molecular weight excluding hydrogens is 392 g/mol. The van der Waals surface area contributed by atoms with Gasteiger partial charge in [0.2, 0.25) is 11.7 Å². The third-order valence-electron chi connectivity index (χ3n) is 4.95. The van der Waals surface area contributed by atoms with Crippen LogP contribution in [0.25, 0.3) is 0 Å². The van der Waals surface area contributed by atoms with E-state index in [1.807, 2.05) is 0 Å². The molecule has 8 nitrogen and oxygen atoms in total. The van der Waals surface area contributed by atoms with Crippen LogP contribution in [-0.2, 0) is 32.5 Å². The molecule has 0 spiro atoms. The normalized spacial score (nSPS) is 33.4. The summed E-state index contributed by atoms with van der Waals surface area (Å²) in [5.41, 5.74) is 0. The first kappa shape index (κ1) is 21.6. The second-order valence-corrected chi connectivity index (χ2v) is 9.33. The van der Waals surface area contributed by atoms with Crippen LogP contribution >= 0.6 is 7.82 Å². The summed E-state index contributed by atoms with van der Waals surface area (Å²) in [6.45, 7) is 4.62. The van der Waals surface area contributed by atoms with E-state index in [2.05, 4.69) is 13.8 Å². The number of carbonyl (C=O) groups excluding carboxylic acids is 2. The zero-order valence-corrected chi connectivity index (χ0v) is 17.1. The first-order chi connectivity index (χ1) is 13.3. The third kappa shape index (κ3) is 5.27. The number of Topliss-reactive ketones (excluding diaryl/α,β-unsaturated/α-hetero) is 1. The van der Waals surface area contributed by atoms with Crippen LogP contribution in [0.2, 0.25) is 0 Å². The number of phosphoric ester groups is 1. The number of phosphoric acid groups is 1. The highest BCUT2D eigenvalue weighted by atomic mass is 31.2. The van der Waals surface area contributed by atoms with Crippen molar-refractivity contribution in [1.29, 1.82) is 0 Å². The quantitative estimate of drug-likeness (QED) is 0.338. The van der Waals surface area contributed by atoms with Crippen molar-refractivity contribution in [3.8, 4) is 0 Å². The van der Waals surface area contributed by atoms with E-state index in [0.717, 1.165) is 36.8 Å². The largest absolute Gasteiger partial charge is 0.475 e. The van der Waals surface area contributed by atoms with E-state index in [4.69, 9.17) is 18.3 Å². The molecule has 10 heteroatoms. The Morgan fingerprint density at radius 3 is 2.82 bits per heavy atom. The average molecular weight is 419 g/mol. The zero-order chi connectivity index (χ0) is 20.3. The Kier molecular flexibility index (Phi) is 7.04. The first-order valence-corrected chi connectivity index (χ1v) is 11.2. The monoisotopic (exact) mass is 419 g/mol. The summed E-state index contributed by atoms with van der Waals surface area (Å²) in [5, 5.41) is 0. The van der Waals surface area contributed by atoms with Crippen molar-refractivity contribution in [2.24, 2.45) is 5.92 Å². The fourth-order valence-electron chi connectivity index (χ4n) is 3.39. The van der Waals surface area contributed by atoms with Crippen LogP contribution in [-0.4, -0.2) is 48.2 Å². The molecule has 0 aromatic heterocycles. The molecule has 2 saturated heterocycles. The maximum atomic E-state index is 13.6. The predicted octanol–water partition coefficient (Wildman–Crippen LogP) is 3.47. The maximum Gasteiger partial charge on any atom is 0.475 e. The Balaban J connectivity index is 1.48. The number of rotatable bonds is 8. The summed E-state index contributed by atoms with van der Waals surface area (Å²) in [6, 6.07) is 0. The van der Waals surface area contributed by atoms with Gasteiger partial charge < -0.3 is 4.74 Å². The van der Waals surface area contributed by atoms with Crippen LogP contribution in [0.1, 0.15) is 52.4 Å². The van der Waals surface area contributed by atoms with Gasteiger partial charge in [0.05, 0.1) is 19.6 Å². The highest BCUT2D eigenvalue weighted by Crippen LogP contribution is 2.56. The molecule has 3 heterocycles. The van der Waals surface area contributed by atoms with Crippen molar-refractivity contribution >= 4 is 19.5 Å². The molecule has 0 aromatic carbocycles. The molecule has 2 fully saturated rings. The smallest absolute Gasteiger partial charge is 0.349 e. The Morgan fingerprint density at radius 2 is 2.07 bits per heavy atom. The van der Waals surface area contributed by atoms with Crippen LogP contribution in [0, 0.1) is 5.92 Å². The molecule has 0 saturated carbocycles. The van der Waals surface area contributed by atoms with E-state index in [1.165, 1.54) is 0 Å². The highest BCUT2D eigenvalue weighted by molar-refractivity contribution is 7.48. The number of fused-ring (bicyclic) bond motifs is 1. The summed E-state index contributed by atoms with van der Waals surface area (Å²) in [5.74, 6) is -1.72. The van der Waals surface area contributed by atoms with Crippen LogP contribution in [0.3, 0.4) is 0 Å². The second-order valence-electron chi connectivity index (χ2n) is 7.71. The molecule has 1 unspecified atom stereocenters. The van der Waals surface area contributed by atoms with Gasteiger partial charge in [-0.15, -0.1) is 0 Å². The van der Waals surface area contributed by atoms with Crippen LogP contribution in [0.15, 0.2) is 12.0 Å². The molecule has 0 N–H and O–H groups in total. The van der Waals surface area contributed by atoms with Crippen molar-refractivity contribution in [2.45, 2.75) is 70.8 Å². The number of ether oxygens (including phenoxy) is 1. The summed E-state index contributed by atoms with van der Waals surface area (Å²) < 4.78 is 48.0. The van der Waals surface area contributed by atoms with E-state index < -0.39 is 50.2 Å². The SMILES string of the molecule is CC(C)CCCCCOP1(=O)OC[C@H]2O[C@@H](N3C=C(F)C(=O)CC3=O)C[C@@H]2O1. The van der Waals surface area contributed by atoms with Crippen molar-refractivity contribution in [1.82, 2.24) is 4.90 Å². The number of carbonyl (C=O) groups is 2. The molecule has 3 aliphatic heterocycles. The lowest BCUT2D eigenvalue weighted by Gasteiger charge is -2.30. The molecule has 3 rings (SSSR count). The minimum atomic E-state index is -3.68. The number of nitrogens with zero attached hydrogens (tertiary/aromatic N) is 1. The number of amides is 1. The molecule has 158 valence electrons. The number of ketones is 1. The number of hydrogen-bond donors (Lipinski definition) is 0. The minimum Gasteiger partial charge on any atom is -0.349 e. The summed E-state index contributed by atoms with van der Waals surface area (Å²) in [6.07, 6.45) is 2.55. The predicted molar refractivity (Wildman–Crippen MR) is 96.6 cm³/mol. The van der Waals surface area contributed by atoms with Crippen LogP contribution in [0.5, 0.6) is 0 Å². The van der Waals surface area contributed by atoms with Gasteiger partial charge in [-0.2, -0.15) is 0 Å². The first-order valence-electron chi connectivity index (χ1n) is 9.72. The van der Waals surface area contributed by atoms with Crippen molar-refractivity contribution < 1.29 is 36.9 Å². The summed E-state index contributed by atoms with van der Waals surface area (Å²) in [4.78, 5) is 24.3. The lowest BCUT2D eigenvalue weighted by atomic mass is 10.1. The van der Waals surface area contributed by atoms with Gasteiger partial charge in [0.1, 0.15) is 18.4 Å². The van der Waals surface area contributed by atoms with E-state index in [9.17, 15) is 18.5 Å². The molecule has 0 bridgehead atoms. The maximum absolute atomic E-state index is 13.6. The van der Waals surface area contributed by atoms with Gasteiger partial charge in [0, 0.05) is 12.6 Å². The van der Waals surface area contributed by atoms with E-state index >= 15 is 0 Å². The Morgan fingerprint density at radius 1 is 1.29 bits per heavy atom. The van der Waals surface area contributed by atoms with Crippen LogP contribution < -0.4 is 0 Å². The van der Waals surface area contributed by atoms with Crippen molar-refractivity contribution in [2.75, 3.05) is 13.2 Å². The van der Waals surface area contributed by atoms with E-state index in [1.54, 1.807) is 0 Å². The van der Waals surface area contributed by atoms with Gasteiger partial charge in [-0.3, -0.25) is 28.1 Å². The Labute approximate surface area is 163 Å². The average Bonchev–Trinajstić information content (AvgIpc) is 3.03. The molecular formula is C18H27FNO7P. The second kappa shape index (κ2) is 9.13. The fourth-order valence-corrected chi connectivity index (χ4v) is 4.82. The van der Waals surface area contributed by atoms with Gasteiger partial charge in [-0.25, -0.2) is 8.96 Å². The molecule has 28 heavy (non-hydrogen) atoms. The molecule has 4 atom stereocenters. The highest BCUT2D eigenvalue weighted by Gasteiger charge is 2.49. The van der Waals surface area contributed by atoms with Gasteiger partial charge >= 0.3 is 7.82 Å². The van der Waals surface area contributed by atoms with Gasteiger partial charge in [-0.05, 0) is 12.3 Å². The summed E-state index contributed by atoms with van der Waals surface area (Å²) in [7, 11) is -3.68. The molecule has 1 amide bonds. The van der Waals surface area contributed by atoms with Gasteiger partial charge in [0.25, 0.3) is 0 Å². The number of hydrogen-bond acceptors (Lipinski definition) is 7. The molecule has 3 aliphatic rings. The lowest BCUT2D eigenvalue weighted by molar-refractivity contribution is -0.146. The zero-order valence-electron chi connectivity index (χ0n) is 16.2.